The number of aliphatic hydroxyl groups is 1. The topological polar surface area (TPSA) is 38.7 Å². The molecule has 3 nitrogen and oxygen atoms in total. The molecule has 0 aliphatic heterocycles. The average Bonchev–Trinajstić information content (AvgIpc) is 2.46. The Morgan fingerprint density at radius 1 is 0.857 bits per heavy atom. The first kappa shape index (κ1) is 15.2. The summed E-state index contributed by atoms with van der Waals surface area (Å²) >= 11 is 0. The van der Waals surface area contributed by atoms with E-state index in [1.165, 1.54) is 20.3 Å². The Balaban J connectivity index is 2.50. The van der Waals surface area contributed by atoms with Crippen LogP contribution in [-0.4, -0.2) is 19.3 Å². The molecule has 6 heteroatoms. The molecule has 0 heterocycles. The van der Waals surface area contributed by atoms with Crippen molar-refractivity contribution in [3.63, 3.8) is 0 Å². The molecule has 0 aromatic heterocycles. The Morgan fingerprint density at radius 2 is 1.43 bits per heavy atom. The SMILES string of the molecule is COc1cc(F)c(C(O)c2ccc(F)cc2F)cc1OC. The van der Waals surface area contributed by atoms with Crippen LogP contribution in [-0.2, 0) is 0 Å². The fourth-order valence-corrected chi connectivity index (χ4v) is 1.97. The molecule has 1 atom stereocenters. The quantitative estimate of drug-likeness (QED) is 0.942. The smallest absolute Gasteiger partial charge is 0.163 e. The fraction of sp³-hybridized carbons (Fsp3) is 0.200. The highest BCUT2D eigenvalue weighted by Gasteiger charge is 2.21. The molecule has 0 aliphatic carbocycles. The average molecular weight is 298 g/mol. The van der Waals surface area contributed by atoms with Gasteiger partial charge in [-0.1, -0.05) is 6.07 Å². The van der Waals surface area contributed by atoms with Gasteiger partial charge in [-0.25, -0.2) is 13.2 Å². The molecule has 0 saturated heterocycles. The minimum absolute atomic E-state index is 0.144. The molecule has 21 heavy (non-hydrogen) atoms. The summed E-state index contributed by atoms with van der Waals surface area (Å²) in [6, 6.07) is 4.91. The van der Waals surface area contributed by atoms with Gasteiger partial charge >= 0.3 is 0 Å². The van der Waals surface area contributed by atoms with Gasteiger partial charge in [-0.05, 0) is 12.1 Å². The van der Waals surface area contributed by atoms with Crippen molar-refractivity contribution in [2.45, 2.75) is 6.10 Å². The lowest BCUT2D eigenvalue weighted by molar-refractivity contribution is 0.208. The van der Waals surface area contributed by atoms with E-state index in [-0.39, 0.29) is 22.6 Å². The lowest BCUT2D eigenvalue weighted by atomic mass is 10.00. The maximum Gasteiger partial charge on any atom is 0.163 e. The summed E-state index contributed by atoms with van der Waals surface area (Å²) in [5, 5.41) is 10.1. The molecule has 1 unspecified atom stereocenters. The Morgan fingerprint density at radius 3 is 2.00 bits per heavy atom. The van der Waals surface area contributed by atoms with Gasteiger partial charge in [0.25, 0.3) is 0 Å². The zero-order valence-electron chi connectivity index (χ0n) is 11.4. The zero-order chi connectivity index (χ0) is 15.6. The van der Waals surface area contributed by atoms with E-state index >= 15 is 0 Å². The van der Waals surface area contributed by atoms with Crippen molar-refractivity contribution >= 4 is 0 Å². The summed E-state index contributed by atoms with van der Waals surface area (Å²) in [7, 11) is 2.69. The number of hydrogen-bond donors (Lipinski definition) is 1. The molecule has 0 amide bonds. The first-order chi connectivity index (χ1) is 9.97. The third-order valence-corrected chi connectivity index (χ3v) is 3.05. The molecule has 0 aliphatic rings. The van der Waals surface area contributed by atoms with Crippen LogP contribution in [0.25, 0.3) is 0 Å². The van der Waals surface area contributed by atoms with Crippen LogP contribution in [0.1, 0.15) is 17.2 Å². The van der Waals surface area contributed by atoms with Gasteiger partial charge in [0.1, 0.15) is 23.6 Å². The van der Waals surface area contributed by atoms with Gasteiger partial charge in [-0.2, -0.15) is 0 Å². The Labute approximate surface area is 119 Å². The molecule has 0 bridgehead atoms. The van der Waals surface area contributed by atoms with Crippen molar-refractivity contribution in [1.82, 2.24) is 0 Å². The van der Waals surface area contributed by atoms with Crippen LogP contribution in [0, 0.1) is 17.5 Å². The lowest BCUT2D eigenvalue weighted by Crippen LogP contribution is -2.06. The number of aliphatic hydroxyl groups excluding tert-OH is 1. The van der Waals surface area contributed by atoms with Gasteiger partial charge in [0, 0.05) is 23.3 Å². The summed E-state index contributed by atoms with van der Waals surface area (Å²) in [6.45, 7) is 0. The second-order valence-corrected chi connectivity index (χ2v) is 4.30. The molecule has 0 saturated carbocycles. The van der Waals surface area contributed by atoms with Gasteiger partial charge in [-0.15, -0.1) is 0 Å². The number of ether oxygens (including phenoxy) is 2. The maximum atomic E-state index is 14.0. The van der Waals surface area contributed by atoms with Crippen molar-refractivity contribution in [3.05, 3.63) is 58.9 Å². The number of rotatable bonds is 4. The lowest BCUT2D eigenvalue weighted by Gasteiger charge is -2.16. The highest BCUT2D eigenvalue weighted by atomic mass is 19.1. The van der Waals surface area contributed by atoms with E-state index < -0.39 is 23.6 Å². The summed E-state index contributed by atoms with van der Waals surface area (Å²) in [5.41, 5.74) is -0.430. The van der Waals surface area contributed by atoms with Crippen LogP contribution >= 0.6 is 0 Å². The standard InChI is InChI=1S/C15H13F3O3/c1-20-13-6-10(12(18)7-14(13)21-2)15(19)9-4-3-8(16)5-11(9)17/h3-7,15,19H,1-2H3. The summed E-state index contributed by atoms with van der Waals surface area (Å²) in [6.07, 6.45) is -1.59. The third-order valence-electron chi connectivity index (χ3n) is 3.05. The Hall–Kier alpha value is -2.21. The number of benzene rings is 2. The van der Waals surface area contributed by atoms with E-state index in [0.29, 0.717) is 6.07 Å². The Kier molecular flexibility index (Phi) is 4.37. The zero-order valence-corrected chi connectivity index (χ0v) is 11.4. The summed E-state index contributed by atoms with van der Waals surface area (Å²) < 4.78 is 50.5. The molecular weight excluding hydrogens is 285 g/mol. The van der Waals surface area contributed by atoms with Crippen LogP contribution in [0.4, 0.5) is 13.2 Å². The molecule has 2 aromatic rings. The monoisotopic (exact) mass is 298 g/mol. The molecule has 1 N–H and O–H groups in total. The number of halogens is 3. The van der Waals surface area contributed by atoms with E-state index in [0.717, 1.165) is 18.2 Å². The van der Waals surface area contributed by atoms with E-state index in [1.54, 1.807) is 0 Å². The first-order valence-electron chi connectivity index (χ1n) is 6.02. The summed E-state index contributed by atoms with van der Waals surface area (Å²) in [5.74, 6) is -2.20. The van der Waals surface area contributed by atoms with Gasteiger partial charge < -0.3 is 14.6 Å². The van der Waals surface area contributed by atoms with E-state index in [2.05, 4.69) is 0 Å². The van der Waals surface area contributed by atoms with Crippen molar-refractivity contribution < 1.29 is 27.8 Å². The van der Waals surface area contributed by atoms with Crippen molar-refractivity contribution in [2.75, 3.05) is 14.2 Å². The molecular formula is C15H13F3O3. The number of methoxy groups -OCH3 is 2. The molecule has 112 valence electrons. The first-order valence-corrected chi connectivity index (χ1v) is 6.02. The minimum atomic E-state index is -1.59. The second kappa shape index (κ2) is 6.05. The number of hydrogen-bond acceptors (Lipinski definition) is 3. The van der Waals surface area contributed by atoms with Gasteiger partial charge in [0.15, 0.2) is 11.5 Å². The van der Waals surface area contributed by atoms with E-state index in [9.17, 15) is 18.3 Å². The van der Waals surface area contributed by atoms with E-state index in [1.807, 2.05) is 0 Å². The van der Waals surface area contributed by atoms with Crippen LogP contribution in [0.15, 0.2) is 30.3 Å². The molecule has 0 radical (unpaired) electrons. The van der Waals surface area contributed by atoms with Crippen LogP contribution in [0.5, 0.6) is 11.5 Å². The van der Waals surface area contributed by atoms with Crippen LogP contribution in [0.2, 0.25) is 0 Å². The van der Waals surface area contributed by atoms with Crippen LogP contribution < -0.4 is 9.47 Å². The maximum absolute atomic E-state index is 14.0. The molecule has 0 fully saturated rings. The highest BCUT2D eigenvalue weighted by Crippen LogP contribution is 2.35. The van der Waals surface area contributed by atoms with E-state index in [4.69, 9.17) is 9.47 Å². The fourth-order valence-electron chi connectivity index (χ4n) is 1.97. The van der Waals surface area contributed by atoms with Crippen molar-refractivity contribution in [2.24, 2.45) is 0 Å². The third kappa shape index (κ3) is 2.95. The predicted octanol–water partition coefficient (Wildman–Crippen LogP) is 3.20. The molecule has 0 spiro atoms. The normalized spacial score (nSPS) is 12.1. The minimum Gasteiger partial charge on any atom is -0.493 e. The summed E-state index contributed by atoms with van der Waals surface area (Å²) in [4.78, 5) is 0. The van der Waals surface area contributed by atoms with Crippen LogP contribution in [0.3, 0.4) is 0 Å². The predicted molar refractivity (Wildman–Crippen MR) is 69.9 cm³/mol. The van der Waals surface area contributed by atoms with Crippen molar-refractivity contribution in [3.8, 4) is 11.5 Å². The highest BCUT2D eigenvalue weighted by molar-refractivity contribution is 5.46. The van der Waals surface area contributed by atoms with Gasteiger partial charge in [0.2, 0.25) is 0 Å². The van der Waals surface area contributed by atoms with Gasteiger partial charge in [0.05, 0.1) is 14.2 Å². The molecule has 2 rings (SSSR count). The second-order valence-electron chi connectivity index (χ2n) is 4.30. The van der Waals surface area contributed by atoms with Gasteiger partial charge in [-0.3, -0.25) is 0 Å². The molecule has 2 aromatic carbocycles. The largest absolute Gasteiger partial charge is 0.493 e. The van der Waals surface area contributed by atoms with Crippen molar-refractivity contribution in [1.29, 1.82) is 0 Å². The Bertz CT molecular complexity index is 659.